The Labute approximate surface area is 113 Å². The van der Waals surface area contributed by atoms with Crippen molar-refractivity contribution in [2.75, 3.05) is 7.11 Å². The summed E-state index contributed by atoms with van der Waals surface area (Å²) in [5, 5.41) is 1.78. The van der Waals surface area contributed by atoms with Gasteiger partial charge in [-0.2, -0.15) is 0 Å². The molecule has 102 valence electrons. The van der Waals surface area contributed by atoms with Crippen molar-refractivity contribution in [3.05, 3.63) is 46.4 Å². The molecule has 0 aliphatic carbocycles. The number of rotatable bonds is 6. The smallest absolute Gasteiger partial charge is 0.255 e. The molecule has 1 aromatic carbocycles. The van der Waals surface area contributed by atoms with E-state index < -0.39 is 0 Å². The van der Waals surface area contributed by atoms with E-state index in [0.717, 1.165) is 36.5 Å². The van der Waals surface area contributed by atoms with Crippen molar-refractivity contribution in [1.82, 2.24) is 4.98 Å². The van der Waals surface area contributed by atoms with E-state index in [9.17, 15) is 4.79 Å². The second-order valence-corrected chi connectivity index (χ2v) is 5.02. The first-order valence-corrected chi connectivity index (χ1v) is 6.84. The van der Waals surface area contributed by atoms with Gasteiger partial charge in [0.15, 0.2) is 0 Å². The maximum atomic E-state index is 11.7. The SMILES string of the molecule is COC(C)CCCCc1ccc2cc[nH]c(=O)c2c1. The van der Waals surface area contributed by atoms with Crippen LogP contribution >= 0.6 is 0 Å². The van der Waals surface area contributed by atoms with Crippen LogP contribution in [0.5, 0.6) is 0 Å². The Kier molecular flexibility index (Phi) is 4.74. The molecular weight excluding hydrogens is 238 g/mol. The highest BCUT2D eigenvalue weighted by Crippen LogP contribution is 2.14. The van der Waals surface area contributed by atoms with E-state index in [4.69, 9.17) is 4.74 Å². The van der Waals surface area contributed by atoms with Crippen LogP contribution in [-0.4, -0.2) is 18.2 Å². The largest absolute Gasteiger partial charge is 0.382 e. The van der Waals surface area contributed by atoms with Gasteiger partial charge in [-0.05, 0) is 49.3 Å². The van der Waals surface area contributed by atoms with Crippen LogP contribution < -0.4 is 5.56 Å². The van der Waals surface area contributed by atoms with Crippen molar-refractivity contribution in [2.45, 2.75) is 38.7 Å². The molecule has 0 amide bonds. The summed E-state index contributed by atoms with van der Waals surface area (Å²) in [6.45, 7) is 2.09. The second-order valence-electron chi connectivity index (χ2n) is 5.02. The lowest BCUT2D eigenvalue weighted by atomic mass is 10.0. The molecule has 0 aliphatic heterocycles. The normalized spacial score (nSPS) is 12.7. The van der Waals surface area contributed by atoms with E-state index >= 15 is 0 Å². The number of methoxy groups -OCH3 is 1. The summed E-state index contributed by atoms with van der Waals surface area (Å²) in [6, 6.07) is 8.08. The first kappa shape index (κ1) is 13.8. The topological polar surface area (TPSA) is 42.1 Å². The first-order valence-electron chi connectivity index (χ1n) is 6.84. The van der Waals surface area contributed by atoms with Crippen molar-refractivity contribution in [2.24, 2.45) is 0 Å². The van der Waals surface area contributed by atoms with Crippen LogP contribution in [0.15, 0.2) is 35.3 Å². The molecule has 0 saturated carbocycles. The molecule has 1 aromatic heterocycles. The van der Waals surface area contributed by atoms with Gasteiger partial charge in [0.05, 0.1) is 6.10 Å². The van der Waals surface area contributed by atoms with Crippen LogP contribution in [0.1, 0.15) is 31.7 Å². The van der Waals surface area contributed by atoms with Gasteiger partial charge in [-0.3, -0.25) is 4.79 Å². The van der Waals surface area contributed by atoms with E-state index in [1.165, 1.54) is 5.56 Å². The number of unbranched alkanes of at least 4 members (excludes halogenated alkanes) is 1. The third-order valence-electron chi connectivity index (χ3n) is 3.57. The van der Waals surface area contributed by atoms with Crippen molar-refractivity contribution in [3.8, 4) is 0 Å². The van der Waals surface area contributed by atoms with Crippen molar-refractivity contribution < 1.29 is 4.74 Å². The lowest BCUT2D eigenvalue weighted by molar-refractivity contribution is 0.108. The van der Waals surface area contributed by atoms with Gasteiger partial charge in [0.1, 0.15) is 0 Å². The van der Waals surface area contributed by atoms with Crippen LogP contribution in [0.4, 0.5) is 0 Å². The summed E-state index contributed by atoms with van der Waals surface area (Å²) in [6.07, 6.45) is 6.41. The highest BCUT2D eigenvalue weighted by atomic mass is 16.5. The fourth-order valence-electron chi connectivity index (χ4n) is 2.26. The predicted octanol–water partition coefficient (Wildman–Crippen LogP) is 3.28. The summed E-state index contributed by atoms with van der Waals surface area (Å²) in [7, 11) is 1.75. The molecule has 3 nitrogen and oxygen atoms in total. The molecule has 0 radical (unpaired) electrons. The first-order chi connectivity index (χ1) is 9.20. The zero-order chi connectivity index (χ0) is 13.7. The Bertz CT molecular complexity index is 589. The maximum absolute atomic E-state index is 11.7. The van der Waals surface area contributed by atoms with Gasteiger partial charge in [-0.1, -0.05) is 18.6 Å². The predicted molar refractivity (Wildman–Crippen MR) is 78.6 cm³/mol. The van der Waals surface area contributed by atoms with Gasteiger partial charge in [-0.25, -0.2) is 0 Å². The summed E-state index contributed by atoms with van der Waals surface area (Å²) in [5.74, 6) is 0. The van der Waals surface area contributed by atoms with Gasteiger partial charge in [0.25, 0.3) is 5.56 Å². The Hall–Kier alpha value is -1.61. The Balaban J connectivity index is 1.98. The molecule has 1 heterocycles. The fourth-order valence-corrected chi connectivity index (χ4v) is 2.26. The maximum Gasteiger partial charge on any atom is 0.255 e. The molecule has 0 spiro atoms. The van der Waals surface area contributed by atoms with Gasteiger partial charge >= 0.3 is 0 Å². The van der Waals surface area contributed by atoms with E-state index in [1.54, 1.807) is 13.3 Å². The Morgan fingerprint density at radius 3 is 2.89 bits per heavy atom. The van der Waals surface area contributed by atoms with Gasteiger partial charge < -0.3 is 9.72 Å². The number of aromatic nitrogens is 1. The van der Waals surface area contributed by atoms with Crippen molar-refractivity contribution >= 4 is 10.8 Å². The number of ether oxygens (including phenoxy) is 1. The highest BCUT2D eigenvalue weighted by molar-refractivity contribution is 5.81. The van der Waals surface area contributed by atoms with Crippen LogP contribution in [-0.2, 0) is 11.2 Å². The molecule has 3 heteroatoms. The summed E-state index contributed by atoms with van der Waals surface area (Å²) in [5.41, 5.74) is 1.22. The minimum Gasteiger partial charge on any atom is -0.382 e. The lowest BCUT2D eigenvalue weighted by Crippen LogP contribution is -2.05. The summed E-state index contributed by atoms with van der Waals surface area (Å²) < 4.78 is 5.23. The number of pyridine rings is 1. The molecule has 2 aromatic rings. The third kappa shape index (κ3) is 3.67. The molecule has 0 saturated heterocycles. The molecule has 0 aliphatic rings. The van der Waals surface area contributed by atoms with Gasteiger partial charge in [-0.15, -0.1) is 0 Å². The molecule has 0 bridgehead atoms. The van der Waals surface area contributed by atoms with Crippen LogP contribution in [0.3, 0.4) is 0 Å². The monoisotopic (exact) mass is 259 g/mol. The fraction of sp³-hybridized carbons (Fsp3) is 0.438. The molecule has 1 N–H and O–H groups in total. The third-order valence-corrected chi connectivity index (χ3v) is 3.57. The van der Waals surface area contributed by atoms with Gasteiger partial charge in [0.2, 0.25) is 0 Å². The number of benzene rings is 1. The summed E-state index contributed by atoms with van der Waals surface area (Å²) in [4.78, 5) is 14.4. The number of nitrogens with one attached hydrogen (secondary N) is 1. The van der Waals surface area contributed by atoms with Crippen LogP contribution in [0, 0.1) is 0 Å². The lowest BCUT2D eigenvalue weighted by Gasteiger charge is -2.08. The summed E-state index contributed by atoms with van der Waals surface area (Å²) >= 11 is 0. The average Bonchev–Trinajstić information content (AvgIpc) is 2.44. The zero-order valence-corrected chi connectivity index (χ0v) is 11.6. The van der Waals surface area contributed by atoms with Crippen molar-refractivity contribution in [1.29, 1.82) is 0 Å². The van der Waals surface area contributed by atoms with E-state index in [0.29, 0.717) is 6.10 Å². The molecule has 0 fully saturated rings. The van der Waals surface area contributed by atoms with E-state index in [-0.39, 0.29) is 5.56 Å². The van der Waals surface area contributed by atoms with E-state index in [1.807, 2.05) is 18.2 Å². The van der Waals surface area contributed by atoms with Crippen LogP contribution in [0.25, 0.3) is 10.8 Å². The molecule has 1 unspecified atom stereocenters. The van der Waals surface area contributed by atoms with Crippen LogP contribution in [0.2, 0.25) is 0 Å². The van der Waals surface area contributed by atoms with E-state index in [2.05, 4.69) is 18.0 Å². The number of hydrogen-bond acceptors (Lipinski definition) is 2. The molecule has 1 atom stereocenters. The minimum atomic E-state index is -0.00708. The minimum absolute atomic E-state index is 0.00708. The van der Waals surface area contributed by atoms with Gasteiger partial charge in [0, 0.05) is 18.7 Å². The second kappa shape index (κ2) is 6.53. The number of aryl methyl sites for hydroxylation is 1. The Morgan fingerprint density at radius 1 is 1.26 bits per heavy atom. The quantitative estimate of drug-likeness (QED) is 0.809. The Morgan fingerprint density at radius 2 is 2.11 bits per heavy atom. The number of H-pyrrole nitrogens is 1. The average molecular weight is 259 g/mol. The standard InChI is InChI=1S/C16H21NO2/c1-12(19-2)5-3-4-6-13-7-8-14-9-10-17-16(18)15(14)11-13/h7-12H,3-6H2,1-2H3,(H,17,18). The van der Waals surface area contributed by atoms with Crippen molar-refractivity contribution in [3.63, 3.8) is 0 Å². The zero-order valence-electron chi connectivity index (χ0n) is 11.6. The number of aromatic amines is 1. The molecule has 19 heavy (non-hydrogen) atoms. The molecule has 2 rings (SSSR count). The number of hydrogen-bond donors (Lipinski definition) is 1. The highest BCUT2D eigenvalue weighted by Gasteiger charge is 2.02. The molecular formula is C16H21NO2. The number of fused-ring (bicyclic) bond motifs is 1.